The summed E-state index contributed by atoms with van der Waals surface area (Å²) in [5, 5.41) is 0. The van der Waals surface area contributed by atoms with Crippen molar-refractivity contribution in [2.75, 3.05) is 0 Å². The molecule has 0 aliphatic rings. The summed E-state index contributed by atoms with van der Waals surface area (Å²) in [7, 11) is -8.40. The van der Waals surface area contributed by atoms with E-state index in [-0.39, 0.29) is 28.4 Å². The van der Waals surface area contributed by atoms with Gasteiger partial charge < -0.3 is 0 Å². The summed E-state index contributed by atoms with van der Waals surface area (Å²) < 4.78 is 51.0. The first-order valence-electron chi connectivity index (χ1n) is 8.30. The number of Topliss-reactive ketones (excluding diaryl/α,β-unsaturated/α-hetero) is 1. The van der Waals surface area contributed by atoms with Crippen LogP contribution in [0.25, 0.3) is 0 Å². The van der Waals surface area contributed by atoms with E-state index in [1.807, 2.05) is 0 Å². The Hall–Kier alpha value is -1.99. The molecule has 0 aliphatic heterocycles. The zero-order valence-corrected chi connectivity index (χ0v) is 16.3. The Morgan fingerprint density at radius 1 is 0.808 bits per heavy atom. The van der Waals surface area contributed by atoms with Crippen LogP contribution in [-0.4, -0.2) is 27.2 Å². The molecule has 5 nitrogen and oxygen atoms in total. The van der Waals surface area contributed by atoms with Crippen molar-refractivity contribution in [3.63, 3.8) is 0 Å². The van der Waals surface area contributed by atoms with Gasteiger partial charge >= 0.3 is 0 Å². The number of hydrogen-bond acceptors (Lipinski definition) is 5. The number of rotatable bonds is 8. The van der Waals surface area contributed by atoms with Crippen LogP contribution in [0, 0.1) is 5.92 Å². The van der Waals surface area contributed by atoms with Crippen molar-refractivity contribution in [1.82, 2.24) is 0 Å². The molecule has 0 fully saturated rings. The molecule has 0 heterocycles. The minimum Gasteiger partial charge on any atom is -0.300 e. The van der Waals surface area contributed by atoms with E-state index in [1.165, 1.54) is 31.2 Å². The molecule has 0 spiro atoms. The average Bonchev–Trinajstić information content (AvgIpc) is 2.62. The summed E-state index contributed by atoms with van der Waals surface area (Å²) in [5.74, 6) is -1.05. The molecule has 0 aliphatic carbocycles. The molecule has 26 heavy (non-hydrogen) atoms. The fraction of sp³-hybridized carbons (Fsp3) is 0.316. The fourth-order valence-corrected chi connectivity index (χ4v) is 7.89. The number of sulfone groups is 2. The summed E-state index contributed by atoms with van der Waals surface area (Å²) in [6, 6.07) is 15.0. The molecule has 0 aromatic heterocycles. The van der Waals surface area contributed by atoms with Crippen LogP contribution in [0.4, 0.5) is 0 Å². The molecule has 2 rings (SSSR count). The highest BCUT2D eigenvalue weighted by molar-refractivity contribution is 8.09. The first-order chi connectivity index (χ1) is 12.2. The van der Waals surface area contributed by atoms with Crippen LogP contribution in [0.1, 0.15) is 26.7 Å². The van der Waals surface area contributed by atoms with E-state index in [9.17, 15) is 21.6 Å². The third-order valence-electron chi connectivity index (χ3n) is 4.16. The van der Waals surface area contributed by atoms with E-state index in [4.69, 9.17) is 0 Å². The van der Waals surface area contributed by atoms with Crippen LogP contribution in [0.5, 0.6) is 0 Å². The Balaban J connectivity index is 2.62. The average molecular weight is 395 g/mol. The summed E-state index contributed by atoms with van der Waals surface area (Å²) >= 11 is 0. The Morgan fingerprint density at radius 2 is 1.19 bits per heavy atom. The van der Waals surface area contributed by atoms with Crippen LogP contribution in [0.2, 0.25) is 0 Å². The predicted octanol–water partition coefficient (Wildman–Crippen LogP) is 3.27. The van der Waals surface area contributed by atoms with Crippen molar-refractivity contribution in [3.05, 3.63) is 60.7 Å². The molecule has 1 atom stereocenters. The van der Waals surface area contributed by atoms with Gasteiger partial charge in [-0.25, -0.2) is 16.8 Å². The summed E-state index contributed by atoms with van der Waals surface area (Å²) in [4.78, 5) is 11.7. The second kappa shape index (κ2) is 8.14. The highest BCUT2D eigenvalue weighted by Gasteiger charge is 2.44. The van der Waals surface area contributed by atoms with E-state index in [0.29, 0.717) is 0 Å². The molecule has 2 aromatic rings. The third-order valence-corrected chi connectivity index (χ3v) is 9.69. The number of carbonyl (C=O) groups is 1. The molecule has 0 saturated carbocycles. The second-order valence-electron chi connectivity index (χ2n) is 6.16. The van der Waals surface area contributed by atoms with Gasteiger partial charge in [0.25, 0.3) is 0 Å². The van der Waals surface area contributed by atoms with E-state index >= 15 is 0 Å². The number of carbonyl (C=O) groups excluding carboxylic acids is 1. The topological polar surface area (TPSA) is 85.3 Å². The van der Waals surface area contributed by atoms with Gasteiger partial charge in [-0.2, -0.15) is 0 Å². The second-order valence-corrected chi connectivity index (χ2v) is 10.6. The molecule has 0 saturated heterocycles. The van der Waals surface area contributed by atoms with Crippen molar-refractivity contribution < 1.29 is 21.6 Å². The number of benzene rings is 2. The van der Waals surface area contributed by atoms with Crippen molar-refractivity contribution in [2.24, 2.45) is 5.92 Å². The third kappa shape index (κ3) is 4.22. The van der Waals surface area contributed by atoms with E-state index < -0.39 is 30.2 Å². The maximum Gasteiger partial charge on any atom is 0.196 e. The maximum absolute atomic E-state index is 13.2. The molecule has 0 N–H and O–H groups in total. The Labute approximate surface area is 154 Å². The largest absolute Gasteiger partial charge is 0.300 e. The SMILES string of the molecule is CCC(=O)C[C@@H](C)C(S(=O)(=O)c1ccccc1)S(=O)(=O)c1ccccc1. The smallest absolute Gasteiger partial charge is 0.196 e. The van der Waals surface area contributed by atoms with Gasteiger partial charge in [0.2, 0.25) is 0 Å². The standard InChI is InChI=1S/C19H22O5S2/c1-3-16(20)14-15(2)19(25(21,22)17-10-6-4-7-11-17)26(23,24)18-12-8-5-9-13-18/h4-13,15,19H,3,14H2,1-2H3/t15-/m1/s1. The van der Waals surface area contributed by atoms with Crippen molar-refractivity contribution in [1.29, 1.82) is 0 Å². The Morgan fingerprint density at radius 3 is 1.54 bits per heavy atom. The van der Waals surface area contributed by atoms with Crippen LogP contribution < -0.4 is 0 Å². The Kier molecular flexibility index (Phi) is 6.36. The van der Waals surface area contributed by atoms with Crippen LogP contribution in [-0.2, 0) is 24.5 Å². The normalized spacial score (nSPS) is 13.5. The highest BCUT2D eigenvalue weighted by Crippen LogP contribution is 2.32. The van der Waals surface area contributed by atoms with Crippen LogP contribution >= 0.6 is 0 Å². The van der Waals surface area contributed by atoms with Crippen molar-refractivity contribution in [2.45, 2.75) is 41.1 Å². The number of hydrogen-bond donors (Lipinski definition) is 0. The highest BCUT2D eigenvalue weighted by atomic mass is 32.3. The lowest BCUT2D eigenvalue weighted by Gasteiger charge is -2.24. The zero-order chi connectivity index (χ0) is 19.4. The van der Waals surface area contributed by atoms with Crippen molar-refractivity contribution >= 4 is 25.5 Å². The van der Waals surface area contributed by atoms with E-state index in [0.717, 1.165) is 0 Å². The molecule has 140 valence electrons. The van der Waals surface area contributed by atoms with Gasteiger partial charge in [-0.15, -0.1) is 0 Å². The van der Waals surface area contributed by atoms with E-state index in [2.05, 4.69) is 0 Å². The molecule has 0 unspecified atom stereocenters. The molecule has 2 aromatic carbocycles. The molecule has 0 bridgehead atoms. The molecule has 7 heteroatoms. The van der Waals surface area contributed by atoms with Gasteiger partial charge in [-0.1, -0.05) is 50.2 Å². The lowest BCUT2D eigenvalue weighted by molar-refractivity contribution is -0.119. The Bertz CT molecular complexity index is 880. The predicted molar refractivity (Wildman–Crippen MR) is 100 cm³/mol. The monoisotopic (exact) mass is 394 g/mol. The van der Waals surface area contributed by atoms with Gasteiger partial charge in [0, 0.05) is 12.8 Å². The van der Waals surface area contributed by atoms with Gasteiger partial charge in [0.1, 0.15) is 5.78 Å². The first-order valence-corrected chi connectivity index (χ1v) is 11.4. The number of ketones is 1. The van der Waals surface area contributed by atoms with Gasteiger partial charge in [0.15, 0.2) is 24.3 Å². The summed E-state index contributed by atoms with van der Waals surface area (Å²) in [5.41, 5.74) is 0. The van der Waals surface area contributed by atoms with Gasteiger partial charge in [-0.3, -0.25) is 4.79 Å². The maximum atomic E-state index is 13.2. The molecule has 0 amide bonds. The van der Waals surface area contributed by atoms with Gasteiger partial charge in [-0.05, 0) is 30.2 Å². The summed E-state index contributed by atoms with van der Waals surface area (Å²) in [6.07, 6.45) is 0.118. The molecular formula is C19H22O5S2. The lowest BCUT2D eigenvalue weighted by Crippen LogP contribution is -2.37. The minimum atomic E-state index is -4.20. The molecule has 0 radical (unpaired) electrons. The van der Waals surface area contributed by atoms with Crippen LogP contribution in [0.3, 0.4) is 0 Å². The first kappa shape index (κ1) is 20.3. The minimum absolute atomic E-state index is 0.0692. The van der Waals surface area contributed by atoms with Crippen molar-refractivity contribution in [3.8, 4) is 0 Å². The zero-order valence-electron chi connectivity index (χ0n) is 14.7. The lowest BCUT2D eigenvalue weighted by atomic mass is 10.1. The van der Waals surface area contributed by atoms with Crippen LogP contribution in [0.15, 0.2) is 70.5 Å². The summed E-state index contributed by atoms with van der Waals surface area (Å²) in [6.45, 7) is 3.17. The van der Waals surface area contributed by atoms with E-state index in [1.54, 1.807) is 43.3 Å². The molecular weight excluding hydrogens is 372 g/mol. The fourth-order valence-electron chi connectivity index (χ4n) is 2.87. The quantitative estimate of drug-likeness (QED) is 0.686. The van der Waals surface area contributed by atoms with Gasteiger partial charge in [0.05, 0.1) is 9.79 Å².